The number of benzene rings is 1. The first-order valence-electron chi connectivity index (χ1n) is 10.4. The highest BCUT2D eigenvalue weighted by atomic mass is 32.2. The van der Waals surface area contributed by atoms with Gasteiger partial charge in [-0.15, -0.1) is 0 Å². The van der Waals surface area contributed by atoms with E-state index in [9.17, 15) is 13.2 Å². The number of fused-ring (bicyclic) bond motifs is 1. The molecule has 2 aliphatic heterocycles. The fraction of sp³-hybridized carbons (Fsp3) is 0.409. The van der Waals surface area contributed by atoms with Gasteiger partial charge in [0.25, 0.3) is 0 Å². The van der Waals surface area contributed by atoms with Crippen molar-refractivity contribution < 1.29 is 17.9 Å². The molecule has 1 aromatic heterocycles. The lowest BCUT2D eigenvalue weighted by molar-refractivity contribution is -0.119. The van der Waals surface area contributed by atoms with Gasteiger partial charge in [0.15, 0.2) is 15.7 Å². The fourth-order valence-electron chi connectivity index (χ4n) is 4.18. The number of likely N-dealkylation sites (N-methyl/N-ethyl adjacent to an activating group) is 1. The second-order valence-corrected chi connectivity index (χ2v) is 9.92. The van der Waals surface area contributed by atoms with Crippen LogP contribution in [0.2, 0.25) is 0 Å². The molecule has 1 atom stereocenters. The van der Waals surface area contributed by atoms with Gasteiger partial charge in [-0.25, -0.2) is 13.4 Å². The number of hydrogen-bond acceptors (Lipinski definition) is 8. The number of amides is 1. The molecule has 168 valence electrons. The molecule has 32 heavy (non-hydrogen) atoms. The van der Waals surface area contributed by atoms with Gasteiger partial charge in [-0.1, -0.05) is 0 Å². The standard InChI is InChI=1S/C22H25N5O4S/c1-15-22(28)26(2)19-7-8-20(25-21(19)27(15)17-9-12-31-13-10-17)24-16-3-5-18(6-4-16)32(29,30)14-11-23/h3-8,15,17H,9-10,12-14H2,1-2H3,(H,24,25)/t15-/m0/s1. The van der Waals surface area contributed by atoms with Crippen molar-refractivity contribution in [2.24, 2.45) is 0 Å². The van der Waals surface area contributed by atoms with Crippen LogP contribution in [0.15, 0.2) is 41.3 Å². The second kappa shape index (κ2) is 8.76. The average Bonchev–Trinajstić information content (AvgIpc) is 2.79. The number of rotatable bonds is 5. The Morgan fingerprint density at radius 1 is 1.19 bits per heavy atom. The molecule has 0 aliphatic carbocycles. The lowest BCUT2D eigenvalue weighted by atomic mass is 10.0. The van der Waals surface area contributed by atoms with Crippen LogP contribution in [0.5, 0.6) is 0 Å². The first-order chi connectivity index (χ1) is 15.3. The number of nitrogens with zero attached hydrogens (tertiary/aromatic N) is 4. The van der Waals surface area contributed by atoms with Gasteiger partial charge in [-0.3, -0.25) is 4.79 Å². The Morgan fingerprint density at radius 2 is 1.88 bits per heavy atom. The molecule has 0 spiro atoms. The smallest absolute Gasteiger partial charge is 0.249 e. The number of pyridine rings is 1. The lowest BCUT2D eigenvalue weighted by Crippen LogP contribution is -2.56. The predicted molar refractivity (Wildman–Crippen MR) is 121 cm³/mol. The number of anilines is 4. The third-order valence-corrected chi connectivity index (χ3v) is 7.39. The molecule has 3 heterocycles. The molecule has 1 aromatic carbocycles. The van der Waals surface area contributed by atoms with Crippen LogP contribution in [0.25, 0.3) is 0 Å². The molecule has 0 saturated carbocycles. The maximum Gasteiger partial charge on any atom is 0.249 e. The van der Waals surface area contributed by atoms with E-state index in [1.165, 1.54) is 12.1 Å². The van der Waals surface area contributed by atoms with Gasteiger partial charge >= 0.3 is 0 Å². The Balaban J connectivity index is 1.63. The quantitative estimate of drug-likeness (QED) is 0.731. The molecule has 2 aromatic rings. The number of carbonyl (C=O) groups is 1. The minimum Gasteiger partial charge on any atom is -0.381 e. The van der Waals surface area contributed by atoms with Crippen LogP contribution in [-0.2, 0) is 19.4 Å². The lowest BCUT2D eigenvalue weighted by Gasteiger charge is -2.44. The molecule has 4 rings (SSSR count). The summed E-state index contributed by atoms with van der Waals surface area (Å²) in [4.78, 5) is 21.5. The van der Waals surface area contributed by atoms with E-state index in [1.54, 1.807) is 36.2 Å². The van der Waals surface area contributed by atoms with E-state index >= 15 is 0 Å². The van der Waals surface area contributed by atoms with Crippen molar-refractivity contribution in [2.45, 2.75) is 36.7 Å². The Hall–Kier alpha value is -3.16. The first kappa shape index (κ1) is 22.0. The molecule has 1 saturated heterocycles. The Bertz CT molecular complexity index is 1150. The van der Waals surface area contributed by atoms with Crippen LogP contribution in [0, 0.1) is 11.3 Å². The minimum absolute atomic E-state index is 0.0284. The van der Waals surface area contributed by atoms with E-state index in [0.29, 0.717) is 24.7 Å². The Labute approximate surface area is 187 Å². The van der Waals surface area contributed by atoms with Crippen LogP contribution in [0.4, 0.5) is 23.0 Å². The van der Waals surface area contributed by atoms with Gasteiger partial charge in [0.2, 0.25) is 5.91 Å². The molecule has 10 heteroatoms. The zero-order valence-corrected chi connectivity index (χ0v) is 18.8. The SMILES string of the molecule is C[C@H]1C(=O)N(C)c2ccc(Nc3ccc(S(=O)(=O)CC#N)cc3)nc2N1C1CCOCC1. The topological polar surface area (TPSA) is 116 Å². The van der Waals surface area contributed by atoms with E-state index in [-0.39, 0.29) is 22.9 Å². The third kappa shape index (κ3) is 4.13. The largest absolute Gasteiger partial charge is 0.381 e. The van der Waals surface area contributed by atoms with Crippen LogP contribution in [0.3, 0.4) is 0 Å². The van der Waals surface area contributed by atoms with Gasteiger partial charge in [0.1, 0.15) is 17.6 Å². The highest BCUT2D eigenvalue weighted by Gasteiger charge is 2.39. The summed E-state index contributed by atoms with van der Waals surface area (Å²) >= 11 is 0. The van der Waals surface area contributed by atoms with Crippen molar-refractivity contribution in [1.29, 1.82) is 5.26 Å². The molecule has 1 fully saturated rings. The molecule has 1 amide bonds. The number of ether oxygens (including phenoxy) is 1. The van der Waals surface area contributed by atoms with Crippen molar-refractivity contribution in [1.82, 2.24) is 4.98 Å². The summed E-state index contributed by atoms with van der Waals surface area (Å²) in [5.41, 5.74) is 1.42. The second-order valence-electron chi connectivity index (χ2n) is 7.93. The van der Waals surface area contributed by atoms with Crippen LogP contribution in [-0.4, -0.2) is 57.4 Å². The summed E-state index contributed by atoms with van der Waals surface area (Å²) in [7, 11) is -1.85. The molecule has 2 aliphatic rings. The van der Waals surface area contributed by atoms with Crippen molar-refractivity contribution in [3.8, 4) is 6.07 Å². The fourth-order valence-corrected chi connectivity index (χ4v) is 5.07. The van der Waals surface area contributed by atoms with Gasteiger partial charge < -0.3 is 19.9 Å². The molecule has 9 nitrogen and oxygen atoms in total. The van der Waals surface area contributed by atoms with Gasteiger partial charge in [-0.2, -0.15) is 5.26 Å². The summed E-state index contributed by atoms with van der Waals surface area (Å²) in [6, 6.07) is 11.4. The number of hydrogen-bond donors (Lipinski definition) is 1. The summed E-state index contributed by atoms with van der Waals surface area (Å²) in [6.07, 6.45) is 1.66. The summed E-state index contributed by atoms with van der Waals surface area (Å²) in [5.74, 6) is 0.798. The van der Waals surface area contributed by atoms with Crippen molar-refractivity contribution in [2.75, 3.05) is 41.1 Å². The first-order valence-corrected chi connectivity index (χ1v) is 12.1. The average molecular weight is 456 g/mol. The van der Waals surface area contributed by atoms with Crippen molar-refractivity contribution in [3.63, 3.8) is 0 Å². The van der Waals surface area contributed by atoms with Crippen LogP contribution >= 0.6 is 0 Å². The molecule has 0 bridgehead atoms. The number of nitriles is 1. The molecular formula is C22H25N5O4S. The minimum atomic E-state index is -3.61. The molecular weight excluding hydrogens is 430 g/mol. The van der Waals surface area contributed by atoms with Crippen molar-refractivity contribution >= 4 is 38.8 Å². The van der Waals surface area contributed by atoms with E-state index < -0.39 is 15.6 Å². The Kier molecular flexibility index (Phi) is 6.04. The molecule has 0 unspecified atom stereocenters. The Morgan fingerprint density at radius 3 is 2.53 bits per heavy atom. The third-order valence-electron chi connectivity index (χ3n) is 5.89. The number of carbonyl (C=O) groups excluding carboxylic acids is 1. The van der Waals surface area contributed by atoms with Crippen LogP contribution < -0.4 is 15.1 Å². The highest BCUT2D eigenvalue weighted by molar-refractivity contribution is 7.91. The maximum atomic E-state index is 12.8. The number of nitrogens with one attached hydrogen (secondary N) is 1. The van der Waals surface area contributed by atoms with E-state index in [4.69, 9.17) is 15.0 Å². The highest BCUT2D eigenvalue weighted by Crippen LogP contribution is 2.38. The monoisotopic (exact) mass is 455 g/mol. The zero-order chi connectivity index (χ0) is 22.9. The van der Waals surface area contributed by atoms with Gasteiger partial charge in [0.05, 0.1) is 16.7 Å². The molecule has 1 N–H and O–H groups in total. The summed E-state index contributed by atoms with van der Waals surface area (Å²) < 4.78 is 29.6. The molecule has 0 radical (unpaired) electrons. The number of sulfone groups is 1. The number of aromatic nitrogens is 1. The zero-order valence-electron chi connectivity index (χ0n) is 18.0. The van der Waals surface area contributed by atoms with E-state index in [1.807, 2.05) is 13.0 Å². The normalized spacial score (nSPS) is 19.4. The van der Waals surface area contributed by atoms with E-state index in [2.05, 4.69) is 10.2 Å². The maximum absolute atomic E-state index is 12.8. The van der Waals surface area contributed by atoms with E-state index in [0.717, 1.165) is 24.3 Å². The van der Waals surface area contributed by atoms with Gasteiger partial charge in [0, 0.05) is 32.0 Å². The van der Waals surface area contributed by atoms with Gasteiger partial charge in [-0.05, 0) is 56.2 Å². The van der Waals surface area contributed by atoms with Crippen LogP contribution in [0.1, 0.15) is 19.8 Å². The summed E-state index contributed by atoms with van der Waals surface area (Å²) in [5, 5.41) is 11.9. The summed E-state index contributed by atoms with van der Waals surface area (Å²) in [6.45, 7) is 3.22. The van der Waals surface area contributed by atoms with Crippen molar-refractivity contribution in [3.05, 3.63) is 36.4 Å². The predicted octanol–water partition coefficient (Wildman–Crippen LogP) is 2.47.